The van der Waals surface area contributed by atoms with E-state index in [-0.39, 0.29) is 20.1 Å². The summed E-state index contributed by atoms with van der Waals surface area (Å²) < 4.78 is 5.88. The molecule has 0 unspecified atom stereocenters. The Hall–Kier alpha value is -3.16. The van der Waals surface area contributed by atoms with Crippen molar-refractivity contribution in [2.75, 3.05) is 0 Å². The van der Waals surface area contributed by atoms with Crippen LogP contribution in [0.25, 0.3) is 44.5 Å². The number of furan rings is 1. The molecule has 0 N–H and O–H groups in total. The average molecular weight is 749 g/mol. The predicted molar refractivity (Wildman–Crippen MR) is 175 cm³/mol. The first-order valence-electron chi connectivity index (χ1n) is 13.7. The Morgan fingerprint density at radius 3 is 2.02 bits per heavy atom. The monoisotopic (exact) mass is 749 g/mol. The zero-order valence-corrected chi connectivity index (χ0v) is 29.2. The van der Waals surface area contributed by atoms with Gasteiger partial charge in [-0.1, -0.05) is 86.6 Å². The molecule has 3 nitrogen and oxygen atoms in total. The molecule has 41 heavy (non-hydrogen) atoms. The number of benzene rings is 3. The molecule has 6 rings (SSSR count). The van der Waals surface area contributed by atoms with Crippen LogP contribution in [0, 0.1) is 19.1 Å². The number of nitrogens with zero attached hydrogens (tertiary/aromatic N) is 2. The summed E-state index contributed by atoms with van der Waals surface area (Å²) in [6.45, 7) is 16.2. The van der Waals surface area contributed by atoms with Gasteiger partial charge in [0.2, 0.25) is 0 Å². The van der Waals surface area contributed by atoms with Crippen LogP contribution < -0.4 is 10.4 Å². The van der Waals surface area contributed by atoms with E-state index in [9.17, 15) is 0 Å². The first-order chi connectivity index (χ1) is 19.0. The molecule has 3 heterocycles. The minimum Gasteiger partial charge on any atom is -0.500 e. The van der Waals surface area contributed by atoms with Gasteiger partial charge in [-0.15, -0.1) is 59.7 Å². The van der Waals surface area contributed by atoms with Crippen LogP contribution in [-0.4, -0.2) is 26.1 Å². The van der Waals surface area contributed by atoms with E-state index >= 15 is 0 Å². The summed E-state index contributed by atoms with van der Waals surface area (Å²) in [4.78, 5) is 9.24. The molecule has 0 fully saturated rings. The molecule has 0 aliphatic rings. The molecule has 6 aromatic rings. The maximum absolute atomic E-state index is 5.88. The van der Waals surface area contributed by atoms with Gasteiger partial charge in [-0.3, -0.25) is 0 Å². The summed E-state index contributed by atoms with van der Waals surface area (Å²) in [6.07, 6.45) is 4.07. The molecule has 3 aromatic carbocycles. The zero-order chi connectivity index (χ0) is 28.5. The van der Waals surface area contributed by atoms with E-state index in [1.165, 1.54) is 15.9 Å². The maximum Gasteiger partial charge on any atom is 0.120 e. The fraction of sp³-hybridized carbons (Fsp3) is 0.200. The van der Waals surface area contributed by atoms with Crippen LogP contribution in [0.2, 0.25) is 39.3 Å². The van der Waals surface area contributed by atoms with Crippen molar-refractivity contribution < 1.29 is 24.5 Å². The number of hydrogen-bond acceptors (Lipinski definition) is 3. The van der Waals surface area contributed by atoms with Gasteiger partial charge in [0.05, 0.1) is 21.7 Å². The van der Waals surface area contributed by atoms with Gasteiger partial charge < -0.3 is 14.4 Å². The van der Waals surface area contributed by atoms with Gasteiger partial charge in [0.1, 0.15) is 5.58 Å². The predicted octanol–water partition coefficient (Wildman–Crippen LogP) is 8.39. The number of pyridine rings is 2. The fourth-order valence-corrected chi connectivity index (χ4v) is 7.60. The topological polar surface area (TPSA) is 38.9 Å². The molecule has 0 bridgehead atoms. The van der Waals surface area contributed by atoms with Crippen LogP contribution in [0.15, 0.2) is 95.7 Å². The van der Waals surface area contributed by atoms with Crippen molar-refractivity contribution in [3.63, 3.8) is 0 Å². The van der Waals surface area contributed by atoms with E-state index in [2.05, 4.69) is 99.9 Å². The van der Waals surface area contributed by atoms with Gasteiger partial charge in [0.15, 0.2) is 0 Å². The Balaban J connectivity index is 0.000000200. The van der Waals surface area contributed by atoms with Crippen molar-refractivity contribution in [2.24, 2.45) is 0 Å². The van der Waals surface area contributed by atoms with Crippen LogP contribution >= 0.6 is 0 Å². The van der Waals surface area contributed by atoms with Gasteiger partial charge >= 0.3 is 0 Å². The zero-order valence-electron chi connectivity index (χ0n) is 24.8. The summed E-state index contributed by atoms with van der Waals surface area (Å²) >= 11 is 0. The molecule has 211 valence electrons. The van der Waals surface area contributed by atoms with E-state index in [1.54, 1.807) is 0 Å². The smallest absolute Gasteiger partial charge is 0.120 e. The third kappa shape index (κ3) is 7.02. The van der Waals surface area contributed by atoms with Crippen molar-refractivity contribution >= 4 is 48.5 Å². The number of para-hydroxylation sites is 1. The van der Waals surface area contributed by atoms with Crippen LogP contribution in [0.3, 0.4) is 0 Å². The molecule has 0 saturated heterocycles. The second-order valence-corrected chi connectivity index (χ2v) is 22.4. The van der Waals surface area contributed by atoms with Crippen molar-refractivity contribution in [2.45, 2.75) is 46.2 Å². The third-order valence-electron chi connectivity index (χ3n) is 7.12. The van der Waals surface area contributed by atoms with E-state index < -0.39 is 16.1 Å². The largest absolute Gasteiger partial charge is 0.500 e. The number of aryl methyl sites for hydroxylation is 1. The minimum atomic E-state index is -1.36. The Morgan fingerprint density at radius 2 is 1.39 bits per heavy atom. The molecule has 0 aliphatic heterocycles. The van der Waals surface area contributed by atoms with Crippen molar-refractivity contribution in [1.82, 2.24) is 9.97 Å². The molecular formula is C35H36IrN2OSi2-2. The quantitative estimate of drug-likeness (QED) is 0.134. The summed E-state index contributed by atoms with van der Waals surface area (Å²) in [7, 11) is -2.59. The molecule has 0 spiro atoms. The molecule has 1 radical (unpaired) electrons. The number of hydrogen-bond donors (Lipinski definition) is 0. The van der Waals surface area contributed by atoms with Gasteiger partial charge in [-0.05, 0) is 34.8 Å². The molecule has 0 aliphatic carbocycles. The molecule has 0 amide bonds. The standard InChI is InChI=1S/C21H20NOSi.C14H16NSi.Ir/c1-14-11-18(22-13-21(14)24(2,3)4)15-9-10-20-17(12-15)16-7-5-6-8-19(16)23-20;1-16(2,3)13-9-10-14(15-11-13)12-7-5-4-6-8-12;/h5-8,10-13H,1-4H3;4-7,9-11H,1-3H3;/q2*-1;. The van der Waals surface area contributed by atoms with Crippen LogP contribution in [0.5, 0.6) is 0 Å². The van der Waals surface area contributed by atoms with Crippen LogP contribution in [-0.2, 0) is 20.1 Å². The van der Waals surface area contributed by atoms with Gasteiger partial charge in [0, 0.05) is 37.9 Å². The molecule has 0 atom stereocenters. The van der Waals surface area contributed by atoms with Gasteiger partial charge in [-0.2, -0.15) is 0 Å². The first-order valence-corrected chi connectivity index (χ1v) is 20.7. The van der Waals surface area contributed by atoms with Crippen molar-refractivity contribution in [3.8, 4) is 22.5 Å². The SMILES string of the molecule is C[Si](C)(C)c1ccc(-c2[c-]cccc2)nc1.Cc1cc(-c2[c-]cc3oc4ccccc4c3c2)ncc1[Si](C)(C)C.[Ir]. The molecule has 3 aromatic heterocycles. The maximum atomic E-state index is 5.88. The normalized spacial score (nSPS) is 11.6. The van der Waals surface area contributed by atoms with E-state index in [0.717, 1.165) is 44.5 Å². The minimum absolute atomic E-state index is 0. The summed E-state index contributed by atoms with van der Waals surface area (Å²) in [5, 5.41) is 5.07. The molecule has 6 heteroatoms. The second kappa shape index (κ2) is 12.4. The fourth-order valence-electron chi connectivity index (χ4n) is 4.86. The van der Waals surface area contributed by atoms with E-state index in [4.69, 9.17) is 9.40 Å². The van der Waals surface area contributed by atoms with E-state index in [0.29, 0.717) is 0 Å². The third-order valence-corrected chi connectivity index (χ3v) is 11.3. The summed E-state index contributed by atoms with van der Waals surface area (Å²) in [5.74, 6) is 0. The average Bonchev–Trinajstić information content (AvgIpc) is 3.31. The van der Waals surface area contributed by atoms with Crippen LogP contribution in [0.1, 0.15) is 5.56 Å². The second-order valence-electron chi connectivity index (χ2n) is 12.3. The van der Waals surface area contributed by atoms with Gasteiger partial charge in [0.25, 0.3) is 0 Å². The van der Waals surface area contributed by atoms with Crippen molar-refractivity contribution in [1.29, 1.82) is 0 Å². The van der Waals surface area contributed by atoms with E-state index in [1.807, 2.05) is 54.7 Å². The Kier molecular flexibility index (Phi) is 9.30. The van der Waals surface area contributed by atoms with Crippen LogP contribution in [0.4, 0.5) is 0 Å². The summed E-state index contributed by atoms with van der Waals surface area (Å²) in [5.41, 5.74) is 7.16. The molecular weight excluding hydrogens is 713 g/mol. The summed E-state index contributed by atoms with van der Waals surface area (Å²) in [6, 6.07) is 33.1. The number of aromatic nitrogens is 2. The Labute approximate surface area is 259 Å². The van der Waals surface area contributed by atoms with Gasteiger partial charge in [-0.25, -0.2) is 0 Å². The van der Waals surface area contributed by atoms with Crippen molar-refractivity contribution in [3.05, 3.63) is 109 Å². The first kappa shape index (κ1) is 30.8. The Bertz CT molecular complexity index is 1770. The number of fused-ring (bicyclic) bond motifs is 3. The molecule has 0 saturated carbocycles. The number of rotatable bonds is 4. The Morgan fingerprint density at radius 1 is 0.659 bits per heavy atom.